The van der Waals surface area contributed by atoms with E-state index in [9.17, 15) is 14.7 Å². The van der Waals surface area contributed by atoms with Crippen molar-refractivity contribution < 1.29 is 14.7 Å². The van der Waals surface area contributed by atoms with Crippen LogP contribution in [0.5, 0.6) is 0 Å². The van der Waals surface area contributed by atoms with Gasteiger partial charge in [-0.3, -0.25) is 4.79 Å². The van der Waals surface area contributed by atoms with Crippen LogP contribution in [0.1, 0.15) is 102 Å². The van der Waals surface area contributed by atoms with Crippen LogP contribution in [0.2, 0.25) is 0 Å². The quantitative estimate of drug-likeness (QED) is 0.187. The number of aliphatic carboxylic acids is 1. The minimum atomic E-state index is -0.984. The summed E-state index contributed by atoms with van der Waals surface area (Å²) in [5, 5.41) is 12.0. The van der Waals surface area contributed by atoms with Gasteiger partial charge in [-0.2, -0.15) is 0 Å². The number of unbranched alkanes of at least 4 members (excludes halogenated alkanes) is 11. The number of benzene rings is 1. The first-order valence-corrected chi connectivity index (χ1v) is 12.3. The SMILES string of the molecule is CCCCCCCC/C=C/CCCCCCCC(=O)N[C@@H](Cc1ccccc1)C(=O)O. The van der Waals surface area contributed by atoms with Crippen molar-refractivity contribution in [1.82, 2.24) is 5.32 Å². The molecule has 4 nitrogen and oxygen atoms in total. The third kappa shape index (κ3) is 15.4. The molecule has 0 fully saturated rings. The van der Waals surface area contributed by atoms with E-state index in [0.29, 0.717) is 12.8 Å². The Balaban J connectivity index is 2.00. The highest BCUT2D eigenvalue weighted by molar-refractivity contribution is 5.83. The zero-order valence-corrected chi connectivity index (χ0v) is 19.5. The topological polar surface area (TPSA) is 66.4 Å². The van der Waals surface area contributed by atoms with E-state index in [0.717, 1.165) is 31.2 Å². The standard InChI is InChI=1S/C27H43NO3/c1-2-3-4-5-6-7-8-9-10-11-12-13-14-15-19-22-26(29)28-25(27(30)31)23-24-20-17-16-18-21-24/h9-10,16-18,20-21,25H,2-8,11-15,19,22-23H2,1H3,(H,28,29)(H,30,31)/b10-9+/t25-/m0/s1. The first kappa shape index (κ1) is 26.9. The first-order chi connectivity index (χ1) is 15.1. The molecule has 0 radical (unpaired) electrons. The second-order valence-electron chi connectivity index (χ2n) is 8.48. The third-order valence-electron chi connectivity index (χ3n) is 5.58. The van der Waals surface area contributed by atoms with Gasteiger partial charge in [0.2, 0.25) is 5.91 Å². The predicted molar refractivity (Wildman–Crippen MR) is 129 cm³/mol. The maximum Gasteiger partial charge on any atom is 0.326 e. The molecule has 0 spiro atoms. The van der Waals surface area contributed by atoms with Crippen molar-refractivity contribution in [2.45, 2.75) is 109 Å². The zero-order chi connectivity index (χ0) is 22.6. The number of carbonyl (C=O) groups excluding carboxylic acids is 1. The highest BCUT2D eigenvalue weighted by atomic mass is 16.4. The Morgan fingerprint density at radius 1 is 0.839 bits per heavy atom. The highest BCUT2D eigenvalue weighted by Crippen LogP contribution is 2.10. The number of rotatable bonds is 19. The number of hydrogen-bond acceptors (Lipinski definition) is 2. The summed E-state index contributed by atoms with van der Waals surface area (Å²) in [7, 11) is 0. The Morgan fingerprint density at radius 3 is 1.97 bits per heavy atom. The summed E-state index contributed by atoms with van der Waals surface area (Å²) < 4.78 is 0. The van der Waals surface area contributed by atoms with Crippen LogP contribution in [-0.2, 0) is 16.0 Å². The lowest BCUT2D eigenvalue weighted by molar-refractivity contribution is -0.141. The molecule has 0 aliphatic carbocycles. The van der Waals surface area contributed by atoms with Crippen molar-refractivity contribution in [3.63, 3.8) is 0 Å². The third-order valence-corrected chi connectivity index (χ3v) is 5.58. The second kappa shape index (κ2) is 18.7. The fraction of sp³-hybridized carbons (Fsp3) is 0.630. The van der Waals surface area contributed by atoms with Crippen LogP contribution in [0.4, 0.5) is 0 Å². The van der Waals surface area contributed by atoms with Crippen LogP contribution in [0, 0.1) is 0 Å². The Hall–Kier alpha value is -2.10. The largest absolute Gasteiger partial charge is 0.480 e. The summed E-state index contributed by atoms with van der Waals surface area (Å²) in [4.78, 5) is 23.5. The lowest BCUT2D eigenvalue weighted by atomic mass is 10.1. The maximum atomic E-state index is 12.1. The van der Waals surface area contributed by atoms with E-state index in [4.69, 9.17) is 0 Å². The summed E-state index contributed by atoms with van der Waals surface area (Å²) in [5.74, 6) is -1.15. The average molecular weight is 430 g/mol. The summed E-state index contributed by atoms with van der Waals surface area (Å²) in [6.45, 7) is 2.25. The first-order valence-electron chi connectivity index (χ1n) is 12.3. The van der Waals surface area contributed by atoms with Crippen molar-refractivity contribution in [3.8, 4) is 0 Å². The molecule has 0 heterocycles. The van der Waals surface area contributed by atoms with Gasteiger partial charge >= 0.3 is 5.97 Å². The van der Waals surface area contributed by atoms with Gasteiger partial charge < -0.3 is 10.4 Å². The molecular formula is C27H43NO3. The van der Waals surface area contributed by atoms with Crippen LogP contribution < -0.4 is 5.32 Å². The van der Waals surface area contributed by atoms with Gasteiger partial charge in [-0.05, 0) is 37.7 Å². The average Bonchev–Trinajstić information content (AvgIpc) is 2.76. The van der Waals surface area contributed by atoms with Crippen LogP contribution in [0.3, 0.4) is 0 Å². The number of carboxylic acid groups (broad SMARTS) is 1. The molecule has 1 rings (SSSR count). The summed E-state index contributed by atoms with van der Waals surface area (Å²) in [6, 6.07) is 8.55. The smallest absolute Gasteiger partial charge is 0.326 e. The van der Waals surface area contributed by atoms with Gasteiger partial charge in [-0.1, -0.05) is 101 Å². The van der Waals surface area contributed by atoms with E-state index in [2.05, 4.69) is 24.4 Å². The molecule has 174 valence electrons. The van der Waals surface area contributed by atoms with E-state index < -0.39 is 12.0 Å². The van der Waals surface area contributed by atoms with Gasteiger partial charge in [-0.25, -0.2) is 4.79 Å². The molecule has 4 heteroatoms. The molecule has 0 unspecified atom stereocenters. The molecular weight excluding hydrogens is 386 g/mol. The fourth-order valence-electron chi connectivity index (χ4n) is 3.67. The summed E-state index contributed by atoms with van der Waals surface area (Å²) in [6.07, 6.45) is 21.2. The Bertz CT molecular complexity index is 612. The Kier molecular flexibility index (Phi) is 16.2. The molecule has 0 aliphatic rings. The molecule has 0 aromatic heterocycles. The maximum absolute atomic E-state index is 12.1. The van der Waals surface area contributed by atoms with Gasteiger partial charge in [0.05, 0.1) is 0 Å². The molecule has 31 heavy (non-hydrogen) atoms. The van der Waals surface area contributed by atoms with E-state index >= 15 is 0 Å². The number of amides is 1. The van der Waals surface area contributed by atoms with Crippen LogP contribution in [0.15, 0.2) is 42.5 Å². The fourth-order valence-corrected chi connectivity index (χ4v) is 3.67. The van der Waals surface area contributed by atoms with Crippen molar-refractivity contribution in [2.75, 3.05) is 0 Å². The molecule has 1 atom stereocenters. The van der Waals surface area contributed by atoms with Gasteiger partial charge in [-0.15, -0.1) is 0 Å². The van der Waals surface area contributed by atoms with Crippen LogP contribution in [0.25, 0.3) is 0 Å². The van der Waals surface area contributed by atoms with Crippen molar-refractivity contribution in [1.29, 1.82) is 0 Å². The predicted octanol–water partition coefficient (Wildman–Crippen LogP) is 6.84. The second-order valence-corrected chi connectivity index (χ2v) is 8.48. The number of nitrogens with one attached hydrogen (secondary N) is 1. The van der Waals surface area contributed by atoms with Crippen LogP contribution >= 0.6 is 0 Å². The Labute approximate surface area is 189 Å². The van der Waals surface area contributed by atoms with Crippen LogP contribution in [-0.4, -0.2) is 23.0 Å². The molecule has 0 aliphatic heterocycles. The normalized spacial score (nSPS) is 12.2. The van der Waals surface area contributed by atoms with Crippen molar-refractivity contribution in [3.05, 3.63) is 48.0 Å². The van der Waals surface area contributed by atoms with E-state index in [1.165, 1.54) is 57.8 Å². The molecule has 2 N–H and O–H groups in total. The monoisotopic (exact) mass is 429 g/mol. The zero-order valence-electron chi connectivity index (χ0n) is 19.5. The summed E-state index contributed by atoms with van der Waals surface area (Å²) in [5.41, 5.74) is 0.913. The number of hydrogen-bond donors (Lipinski definition) is 2. The highest BCUT2D eigenvalue weighted by Gasteiger charge is 2.19. The summed E-state index contributed by atoms with van der Waals surface area (Å²) >= 11 is 0. The van der Waals surface area contributed by atoms with Gasteiger partial charge in [0.15, 0.2) is 0 Å². The minimum absolute atomic E-state index is 0.166. The molecule has 1 aromatic carbocycles. The number of carboxylic acids is 1. The minimum Gasteiger partial charge on any atom is -0.480 e. The van der Waals surface area contributed by atoms with E-state index in [-0.39, 0.29) is 5.91 Å². The molecule has 0 saturated carbocycles. The molecule has 1 amide bonds. The lowest BCUT2D eigenvalue weighted by Gasteiger charge is -2.14. The molecule has 0 bridgehead atoms. The van der Waals surface area contributed by atoms with E-state index in [1.54, 1.807) is 0 Å². The lowest BCUT2D eigenvalue weighted by Crippen LogP contribution is -2.42. The molecule has 1 aromatic rings. The van der Waals surface area contributed by atoms with Crippen molar-refractivity contribution in [2.24, 2.45) is 0 Å². The molecule has 0 saturated heterocycles. The Morgan fingerprint density at radius 2 is 1.39 bits per heavy atom. The van der Waals surface area contributed by atoms with Gasteiger partial charge in [0, 0.05) is 12.8 Å². The van der Waals surface area contributed by atoms with Gasteiger partial charge in [0.25, 0.3) is 0 Å². The number of carbonyl (C=O) groups is 2. The number of allylic oxidation sites excluding steroid dienone is 2. The van der Waals surface area contributed by atoms with Gasteiger partial charge in [0.1, 0.15) is 6.04 Å². The van der Waals surface area contributed by atoms with Crippen molar-refractivity contribution >= 4 is 11.9 Å². The van der Waals surface area contributed by atoms with E-state index in [1.807, 2.05) is 30.3 Å².